The van der Waals surface area contributed by atoms with Gasteiger partial charge in [0, 0.05) is 21.8 Å². The number of carbonyl (C=O) groups is 2. The molecular weight excluding hydrogens is 430 g/mol. The zero-order valence-corrected chi connectivity index (χ0v) is 16.1. The zero-order valence-electron chi connectivity index (χ0n) is 14.6. The molecule has 1 atom stereocenters. The van der Waals surface area contributed by atoms with Gasteiger partial charge in [0.2, 0.25) is 5.82 Å². The van der Waals surface area contributed by atoms with E-state index in [0.717, 1.165) is 29.5 Å². The second kappa shape index (κ2) is 8.10. The highest BCUT2D eigenvalue weighted by atomic mass is 35.5. The van der Waals surface area contributed by atoms with Crippen LogP contribution in [0.2, 0.25) is 5.02 Å². The number of halogens is 3. The van der Waals surface area contributed by atoms with Crippen LogP contribution in [0, 0.1) is 21.7 Å². The monoisotopic (exact) mass is 440 g/mol. The molecule has 3 aromatic rings. The molecule has 11 heteroatoms. The molecule has 0 aliphatic heterocycles. The number of nitrogens with zero attached hydrogens (tertiary/aromatic N) is 1. The fourth-order valence-electron chi connectivity index (χ4n) is 2.41. The van der Waals surface area contributed by atoms with Crippen molar-refractivity contribution in [3.05, 3.63) is 68.0 Å². The summed E-state index contributed by atoms with van der Waals surface area (Å²) in [5.74, 6) is -3.22. The van der Waals surface area contributed by atoms with E-state index in [4.69, 9.17) is 16.3 Å². The molecular formula is C18H11ClF2N2O5S. The van der Waals surface area contributed by atoms with E-state index in [1.807, 2.05) is 0 Å². The molecule has 0 bridgehead atoms. The first-order valence-corrected chi connectivity index (χ1v) is 9.20. The first-order valence-electron chi connectivity index (χ1n) is 8.00. The van der Waals surface area contributed by atoms with E-state index < -0.39 is 40.2 Å². The van der Waals surface area contributed by atoms with Crippen LogP contribution < -0.4 is 5.32 Å². The lowest BCUT2D eigenvalue weighted by Crippen LogP contribution is -2.29. The quantitative estimate of drug-likeness (QED) is 0.345. The van der Waals surface area contributed by atoms with Gasteiger partial charge in [0.15, 0.2) is 6.10 Å². The number of hydrogen-bond donors (Lipinski definition) is 1. The highest BCUT2D eigenvalue weighted by Gasteiger charge is 2.24. The number of ether oxygens (including phenoxy) is 1. The second-order valence-corrected chi connectivity index (χ2v) is 7.28. The summed E-state index contributed by atoms with van der Waals surface area (Å²) < 4.78 is 32.2. The van der Waals surface area contributed by atoms with Crippen molar-refractivity contribution in [2.75, 3.05) is 5.32 Å². The Balaban J connectivity index is 1.73. The summed E-state index contributed by atoms with van der Waals surface area (Å²) >= 11 is 7.06. The number of nitro groups is 1. The van der Waals surface area contributed by atoms with Gasteiger partial charge in [0.25, 0.3) is 5.91 Å². The Kier molecular flexibility index (Phi) is 5.76. The molecule has 2 aromatic carbocycles. The average molecular weight is 441 g/mol. The van der Waals surface area contributed by atoms with Gasteiger partial charge in [-0.1, -0.05) is 11.6 Å². The number of fused-ring (bicyclic) bond motifs is 1. The minimum absolute atomic E-state index is 0.00402. The number of hydrogen-bond acceptors (Lipinski definition) is 6. The highest BCUT2D eigenvalue weighted by Crippen LogP contribution is 2.36. The molecule has 1 aromatic heterocycles. The third-order valence-electron chi connectivity index (χ3n) is 3.84. The van der Waals surface area contributed by atoms with Crippen LogP contribution in [0.1, 0.15) is 16.6 Å². The topological polar surface area (TPSA) is 98.5 Å². The van der Waals surface area contributed by atoms with Crippen molar-refractivity contribution in [3.63, 3.8) is 0 Å². The van der Waals surface area contributed by atoms with Crippen LogP contribution >= 0.6 is 22.9 Å². The molecule has 1 heterocycles. The number of rotatable bonds is 5. The SMILES string of the molecule is CC(OC(=O)c1sc2cc(F)ccc2c1Cl)C(=O)Nc1ccc(F)c([N+](=O)[O-])c1. The third-order valence-corrected chi connectivity index (χ3v) is 5.48. The van der Waals surface area contributed by atoms with Gasteiger partial charge in [-0.3, -0.25) is 14.9 Å². The van der Waals surface area contributed by atoms with Gasteiger partial charge in [0.05, 0.1) is 9.95 Å². The van der Waals surface area contributed by atoms with Crippen LogP contribution in [0.5, 0.6) is 0 Å². The number of nitrogens with one attached hydrogen (secondary N) is 1. The average Bonchev–Trinajstić information content (AvgIpc) is 2.98. The Hall–Kier alpha value is -3.11. The van der Waals surface area contributed by atoms with Gasteiger partial charge < -0.3 is 10.1 Å². The van der Waals surface area contributed by atoms with Crippen LogP contribution in [-0.2, 0) is 9.53 Å². The van der Waals surface area contributed by atoms with Crippen molar-refractivity contribution in [2.24, 2.45) is 0 Å². The molecule has 0 fully saturated rings. The Morgan fingerprint density at radius 1 is 1.24 bits per heavy atom. The van der Waals surface area contributed by atoms with E-state index in [0.29, 0.717) is 10.1 Å². The van der Waals surface area contributed by atoms with Gasteiger partial charge in [-0.2, -0.15) is 4.39 Å². The molecule has 0 radical (unpaired) electrons. The first kappa shape index (κ1) is 20.6. The minimum Gasteiger partial charge on any atom is -0.448 e. The molecule has 0 saturated heterocycles. The summed E-state index contributed by atoms with van der Waals surface area (Å²) in [6.45, 7) is 1.28. The van der Waals surface area contributed by atoms with Gasteiger partial charge in [-0.25, -0.2) is 9.18 Å². The number of carbonyl (C=O) groups excluding carboxylic acids is 2. The summed E-state index contributed by atoms with van der Waals surface area (Å²) in [6.07, 6.45) is -1.29. The van der Waals surface area contributed by atoms with Crippen LogP contribution in [-0.4, -0.2) is 22.9 Å². The van der Waals surface area contributed by atoms with Crippen LogP contribution in [0.4, 0.5) is 20.2 Å². The number of amides is 1. The van der Waals surface area contributed by atoms with Crippen molar-refractivity contribution < 1.29 is 28.0 Å². The largest absolute Gasteiger partial charge is 0.448 e. The fourth-order valence-corrected chi connectivity index (χ4v) is 3.83. The van der Waals surface area contributed by atoms with Crippen molar-refractivity contribution >= 4 is 56.3 Å². The zero-order chi connectivity index (χ0) is 21.3. The number of nitro benzene ring substituents is 1. The lowest BCUT2D eigenvalue weighted by Gasteiger charge is -2.13. The van der Waals surface area contributed by atoms with Gasteiger partial charge in [0.1, 0.15) is 10.7 Å². The molecule has 1 N–H and O–H groups in total. The lowest BCUT2D eigenvalue weighted by atomic mass is 10.2. The van der Waals surface area contributed by atoms with Crippen LogP contribution in [0.3, 0.4) is 0 Å². The van der Waals surface area contributed by atoms with Crippen molar-refractivity contribution in [2.45, 2.75) is 13.0 Å². The molecule has 1 amide bonds. The maximum atomic E-state index is 13.4. The normalized spacial score (nSPS) is 11.9. The molecule has 0 aliphatic rings. The second-order valence-electron chi connectivity index (χ2n) is 5.85. The summed E-state index contributed by atoms with van der Waals surface area (Å²) in [7, 11) is 0. The number of anilines is 1. The number of esters is 1. The molecule has 150 valence electrons. The molecule has 0 aliphatic carbocycles. The van der Waals surface area contributed by atoms with Crippen molar-refractivity contribution in [1.82, 2.24) is 0 Å². The third kappa shape index (κ3) is 4.33. The molecule has 7 nitrogen and oxygen atoms in total. The molecule has 29 heavy (non-hydrogen) atoms. The van der Waals surface area contributed by atoms with Crippen LogP contribution in [0.15, 0.2) is 36.4 Å². The predicted molar refractivity (Wildman–Crippen MR) is 103 cm³/mol. The maximum Gasteiger partial charge on any atom is 0.350 e. The Bertz CT molecular complexity index is 1150. The Morgan fingerprint density at radius 3 is 2.66 bits per heavy atom. The lowest BCUT2D eigenvalue weighted by molar-refractivity contribution is -0.387. The van der Waals surface area contributed by atoms with E-state index in [2.05, 4.69) is 5.32 Å². The summed E-state index contributed by atoms with van der Waals surface area (Å²) in [5.41, 5.74) is -0.849. The van der Waals surface area contributed by atoms with E-state index >= 15 is 0 Å². The highest BCUT2D eigenvalue weighted by molar-refractivity contribution is 7.21. The summed E-state index contributed by atoms with van der Waals surface area (Å²) in [4.78, 5) is 34.4. The number of thiophene rings is 1. The van der Waals surface area contributed by atoms with Crippen molar-refractivity contribution in [3.8, 4) is 0 Å². The van der Waals surface area contributed by atoms with Crippen LogP contribution in [0.25, 0.3) is 10.1 Å². The Morgan fingerprint density at radius 2 is 1.97 bits per heavy atom. The van der Waals surface area contributed by atoms with E-state index in [1.54, 1.807) is 0 Å². The standard InChI is InChI=1S/C18H11ClF2N2O5S/c1-8(17(24)22-10-3-5-12(21)13(7-10)23(26)27)28-18(25)16-15(19)11-4-2-9(20)6-14(11)29-16/h2-8H,1H3,(H,22,24). The van der Waals surface area contributed by atoms with Gasteiger partial charge >= 0.3 is 11.7 Å². The number of benzene rings is 2. The molecule has 0 saturated carbocycles. The maximum absolute atomic E-state index is 13.4. The Labute approximate surface area is 171 Å². The van der Waals surface area contributed by atoms with E-state index in [9.17, 15) is 28.5 Å². The molecule has 0 spiro atoms. The minimum atomic E-state index is -1.29. The predicted octanol–water partition coefficient (Wildman–Crippen LogP) is 4.93. The molecule has 3 rings (SSSR count). The summed E-state index contributed by atoms with van der Waals surface area (Å²) in [5, 5.41) is 13.6. The fraction of sp³-hybridized carbons (Fsp3) is 0.111. The van der Waals surface area contributed by atoms with E-state index in [1.165, 1.54) is 25.1 Å². The van der Waals surface area contributed by atoms with Gasteiger partial charge in [-0.15, -0.1) is 11.3 Å². The first-order chi connectivity index (χ1) is 13.7. The van der Waals surface area contributed by atoms with E-state index in [-0.39, 0.29) is 15.6 Å². The smallest absolute Gasteiger partial charge is 0.350 e. The molecule has 1 unspecified atom stereocenters. The van der Waals surface area contributed by atoms with Crippen molar-refractivity contribution in [1.29, 1.82) is 0 Å². The van der Waals surface area contributed by atoms with Gasteiger partial charge in [-0.05, 0) is 37.3 Å². The summed E-state index contributed by atoms with van der Waals surface area (Å²) in [6, 6.07) is 6.66.